The number of carbonyl (C=O) groups is 1. The minimum atomic E-state index is 0. The van der Waals surface area contributed by atoms with Gasteiger partial charge in [-0.3, -0.25) is 4.79 Å². The van der Waals surface area contributed by atoms with E-state index in [1.165, 1.54) is 0 Å². The van der Waals surface area contributed by atoms with Gasteiger partial charge in [-0.2, -0.15) is 0 Å². The summed E-state index contributed by atoms with van der Waals surface area (Å²) in [5, 5.41) is 6.30. The zero-order valence-corrected chi connectivity index (χ0v) is 9.82. The topological polar surface area (TPSA) is 41.1 Å². The SMILES string of the molecule is CCCNC(=O)[C@H]1CCN[C@@H](C)C1.Cl. The molecule has 2 N–H and O–H groups in total. The van der Waals surface area contributed by atoms with Crippen molar-refractivity contribution in [2.45, 2.75) is 39.2 Å². The van der Waals surface area contributed by atoms with E-state index in [2.05, 4.69) is 24.5 Å². The fourth-order valence-corrected chi connectivity index (χ4v) is 1.76. The number of hydrogen-bond acceptors (Lipinski definition) is 2. The second kappa shape index (κ2) is 7.07. The van der Waals surface area contributed by atoms with E-state index in [0.717, 1.165) is 32.4 Å². The Morgan fingerprint density at radius 1 is 1.57 bits per heavy atom. The first-order valence-electron chi connectivity index (χ1n) is 5.25. The maximum Gasteiger partial charge on any atom is 0.223 e. The average molecular weight is 221 g/mol. The Balaban J connectivity index is 0.00000169. The smallest absolute Gasteiger partial charge is 0.223 e. The maximum absolute atomic E-state index is 11.6. The van der Waals surface area contributed by atoms with Gasteiger partial charge in [-0.05, 0) is 32.7 Å². The Hall–Kier alpha value is -0.280. The number of hydrogen-bond donors (Lipinski definition) is 2. The Bertz CT molecular complexity index is 176. The summed E-state index contributed by atoms with van der Waals surface area (Å²) < 4.78 is 0. The lowest BCUT2D eigenvalue weighted by Crippen LogP contribution is -2.42. The van der Waals surface area contributed by atoms with Crippen LogP contribution in [0.3, 0.4) is 0 Å². The van der Waals surface area contributed by atoms with Crippen LogP contribution in [0.4, 0.5) is 0 Å². The molecular formula is C10H21ClN2O. The quantitative estimate of drug-likeness (QED) is 0.754. The molecule has 0 aliphatic carbocycles. The van der Waals surface area contributed by atoms with Crippen molar-refractivity contribution in [3.63, 3.8) is 0 Å². The molecule has 1 aliphatic rings. The first-order chi connectivity index (χ1) is 6.24. The molecule has 0 unspecified atom stereocenters. The molecular weight excluding hydrogens is 200 g/mol. The van der Waals surface area contributed by atoms with E-state index in [1.807, 2.05) is 0 Å². The fraction of sp³-hybridized carbons (Fsp3) is 0.900. The van der Waals surface area contributed by atoms with Gasteiger partial charge in [0.2, 0.25) is 5.91 Å². The van der Waals surface area contributed by atoms with E-state index < -0.39 is 0 Å². The van der Waals surface area contributed by atoms with Gasteiger partial charge in [0.25, 0.3) is 0 Å². The predicted molar refractivity (Wildman–Crippen MR) is 60.7 cm³/mol. The molecule has 1 amide bonds. The number of halogens is 1. The first-order valence-corrected chi connectivity index (χ1v) is 5.25. The third kappa shape index (κ3) is 4.29. The van der Waals surface area contributed by atoms with Gasteiger partial charge in [0.15, 0.2) is 0 Å². The normalized spacial score (nSPS) is 26.4. The van der Waals surface area contributed by atoms with E-state index in [-0.39, 0.29) is 24.2 Å². The summed E-state index contributed by atoms with van der Waals surface area (Å²) in [4.78, 5) is 11.6. The van der Waals surface area contributed by atoms with E-state index in [4.69, 9.17) is 0 Å². The minimum Gasteiger partial charge on any atom is -0.356 e. The predicted octanol–water partition coefficient (Wildman–Crippen LogP) is 1.32. The highest BCUT2D eigenvalue weighted by molar-refractivity contribution is 5.85. The van der Waals surface area contributed by atoms with Gasteiger partial charge in [-0.1, -0.05) is 6.92 Å². The number of amides is 1. The molecule has 1 rings (SSSR count). The Morgan fingerprint density at radius 2 is 2.29 bits per heavy atom. The molecule has 0 spiro atoms. The molecule has 0 saturated carbocycles. The minimum absolute atomic E-state index is 0. The van der Waals surface area contributed by atoms with Crippen LogP contribution in [0.5, 0.6) is 0 Å². The van der Waals surface area contributed by atoms with Crippen LogP contribution in [-0.2, 0) is 4.79 Å². The van der Waals surface area contributed by atoms with Crippen molar-refractivity contribution in [3.8, 4) is 0 Å². The van der Waals surface area contributed by atoms with Gasteiger partial charge in [0.05, 0.1) is 0 Å². The van der Waals surface area contributed by atoms with E-state index in [1.54, 1.807) is 0 Å². The molecule has 4 heteroatoms. The second-order valence-corrected chi connectivity index (χ2v) is 3.87. The van der Waals surface area contributed by atoms with Crippen molar-refractivity contribution in [1.82, 2.24) is 10.6 Å². The molecule has 1 heterocycles. The van der Waals surface area contributed by atoms with Crippen molar-refractivity contribution >= 4 is 18.3 Å². The number of piperidine rings is 1. The van der Waals surface area contributed by atoms with Crippen molar-refractivity contribution in [1.29, 1.82) is 0 Å². The maximum atomic E-state index is 11.6. The Morgan fingerprint density at radius 3 is 2.86 bits per heavy atom. The van der Waals surface area contributed by atoms with Gasteiger partial charge in [0.1, 0.15) is 0 Å². The molecule has 1 aliphatic heterocycles. The largest absolute Gasteiger partial charge is 0.356 e. The van der Waals surface area contributed by atoms with E-state index >= 15 is 0 Å². The average Bonchev–Trinajstić information content (AvgIpc) is 2.14. The molecule has 0 aromatic heterocycles. The van der Waals surface area contributed by atoms with Crippen LogP contribution in [0.1, 0.15) is 33.1 Å². The molecule has 2 atom stereocenters. The van der Waals surface area contributed by atoms with Crippen LogP contribution in [0.2, 0.25) is 0 Å². The Labute approximate surface area is 92.4 Å². The summed E-state index contributed by atoms with van der Waals surface area (Å²) in [6.45, 7) is 6.01. The summed E-state index contributed by atoms with van der Waals surface area (Å²) >= 11 is 0. The highest BCUT2D eigenvalue weighted by Crippen LogP contribution is 2.15. The zero-order valence-electron chi connectivity index (χ0n) is 9.01. The molecule has 0 radical (unpaired) electrons. The number of rotatable bonds is 3. The summed E-state index contributed by atoms with van der Waals surface area (Å²) in [6, 6.07) is 0.492. The molecule has 3 nitrogen and oxygen atoms in total. The third-order valence-corrected chi connectivity index (χ3v) is 2.54. The molecule has 84 valence electrons. The van der Waals surface area contributed by atoms with Gasteiger partial charge in [0, 0.05) is 18.5 Å². The number of carbonyl (C=O) groups excluding carboxylic acids is 1. The first kappa shape index (κ1) is 13.7. The molecule has 1 fully saturated rings. The number of nitrogens with one attached hydrogen (secondary N) is 2. The molecule has 0 aromatic carbocycles. The van der Waals surface area contributed by atoms with Crippen LogP contribution < -0.4 is 10.6 Å². The third-order valence-electron chi connectivity index (χ3n) is 2.54. The van der Waals surface area contributed by atoms with E-state index in [0.29, 0.717) is 6.04 Å². The monoisotopic (exact) mass is 220 g/mol. The van der Waals surface area contributed by atoms with Crippen LogP contribution in [-0.4, -0.2) is 25.0 Å². The lowest BCUT2D eigenvalue weighted by Gasteiger charge is -2.26. The van der Waals surface area contributed by atoms with Crippen molar-refractivity contribution < 1.29 is 4.79 Å². The summed E-state index contributed by atoms with van der Waals surface area (Å²) in [5.41, 5.74) is 0. The standard InChI is InChI=1S/C10H20N2O.ClH/c1-3-5-12-10(13)9-4-6-11-8(2)7-9;/h8-9,11H,3-7H2,1-2H3,(H,12,13);1H/t8-,9-;/m0./s1. The summed E-state index contributed by atoms with van der Waals surface area (Å²) in [7, 11) is 0. The molecule has 1 saturated heterocycles. The van der Waals surface area contributed by atoms with Gasteiger partial charge >= 0.3 is 0 Å². The lowest BCUT2D eigenvalue weighted by atomic mass is 9.92. The van der Waals surface area contributed by atoms with Crippen LogP contribution in [0.15, 0.2) is 0 Å². The van der Waals surface area contributed by atoms with Gasteiger partial charge in [-0.25, -0.2) is 0 Å². The second-order valence-electron chi connectivity index (χ2n) is 3.87. The summed E-state index contributed by atoms with van der Waals surface area (Å²) in [6.07, 6.45) is 2.99. The molecule has 0 aromatic rings. The fourth-order valence-electron chi connectivity index (χ4n) is 1.76. The van der Waals surface area contributed by atoms with Gasteiger partial charge in [-0.15, -0.1) is 12.4 Å². The zero-order chi connectivity index (χ0) is 9.68. The highest BCUT2D eigenvalue weighted by atomic mass is 35.5. The molecule has 0 bridgehead atoms. The van der Waals surface area contributed by atoms with Crippen LogP contribution in [0.25, 0.3) is 0 Å². The van der Waals surface area contributed by atoms with Crippen LogP contribution >= 0.6 is 12.4 Å². The highest BCUT2D eigenvalue weighted by Gasteiger charge is 2.23. The lowest BCUT2D eigenvalue weighted by molar-refractivity contribution is -0.126. The Kier molecular flexibility index (Phi) is 6.93. The molecule has 14 heavy (non-hydrogen) atoms. The summed E-state index contributed by atoms with van der Waals surface area (Å²) in [5.74, 6) is 0.484. The van der Waals surface area contributed by atoms with E-state index in [9.17, 15) is 4.79 Å². The van der Waals surface area contributed by atoms with Gasteiger partial charge < -0.3 is 10.6 Å². The van der Waals surface area contributed by atoms with Crippen molar-refractivity contribution in [2.24, 2.45) is 5.92 Å². The van der Waals surface area contributed by atoms with Crippen molar-refractivity contribution in [2.75, 3.05) is 13.1 Å². The van der Waals surface area contributed by atoms with Crippen molar-refractivity contribution in [3.05, 3.63) is 0 Å². The van der Waals surface area contributed by atoms with Crippen LogP contribution in [0, 0.1) is 5.92 Å².